The minimum atomic E-state index is 0.0124. The number of hydrogen-bond donors (Lipinski definition) is 1. The fraction of sp³-hybridized carbons (Fsp3) is 0.938. The first-order valence-corrected chi connectivity index (χ1v) is 8.22. The summed E-state index contributed by atoms with van der Waals surface area (Å²) in [4.78, 5) is 17.4. The highest BCUT2D eigenvalue weighted by atomic mass is 16.2. The monoisotopic (exact) mass is 281 g/mol. The molecule has 2 saturated heterocycles. The van der Waals surface area contributed by atoms with Crippen molar-refractivity contribution in [2.75, 3.05) is 20.1 Å². The maximum absolute atomic E-state index is 12.8. The smallest absolute Gasteiger partial charge is 0.241 e. The Labute approximate surface area is 123 Å². The third-order valence-corrected chi connectivity index (χ3v) is 4.88. The Bertz CT molecular complexity index is 345. The fourth-order valence-electron chi connectivity index (χ4n) is 3.80. The minimum Gasteiger partial charge on any atom is -0.322 e. The van der Waals surface area contributed by atoms with E-state index in [1.807, 2.05) is 0 Å². The summed E-state index contributed by atoms with van der Waals surface area (Å²) in [6.07, 6.45) is 3.54. The van der Waals surface area contributed by atoms with Gasteiger partial charge >= 0.3 is 0 Å². The van der Waals surface area contributed by atoms with E-state index in [0.717, 1.165) is 32.4 Å². The Morgan fingerprint density at radius 1 is 1.40 bits per heavy atom. The number of carbonyl (C=O) groups is 1. The molecule has 0 aromatic heterocycles. The lowest BCUT2D eigenvalue weighted by Crippen LogP contribution is -2.53. The lowest BCUT2D eigenvalue weighted by molar-refractivity contribution is -0.135. The van der Waals surface area contributed by atoms with Gasteiger partial charge in [0.05, 0.1) is 12.2 Å². The maximum atomic E-state index is 12.8. The molecule has 116 valence electrons. The van der Waals surface area contributed by atoms with Crippen molar-refractivity contribution in [3.63, 3.8) is 0 Å². The number of amides is 1. The van der Waals surface area contributed by atoms with Gasteiger partial charge in [-0.25, -0.2) is 0 Å². The van der Waals surface area contributed by atoms with Crippen LogP contribution in [-0.4, -0.2) is 54.1 Å². The van der Waals surface area contributed by atoms with E-state index < -0.39 is 0 Å². The average molecular weight is 281 g/mol. The molecule has 0 aromatic rings. The molecule has 4 atom stereocenters. The highest BCUT2D eigenvalue weighted by Crippen LogP contribution is 2.29. The van der Waals surface area contributed by atoms with Crippen LogP contribution in [0.2, 0.25) is 0 Å². The van der Waals surface area contributed by atoms with Crippen molar-refractivity contribution in [1.82, 2.24) is 15.1 Å². The van der Waals surface area contributed by atoms with Crippen LogP contribution in [0.5, 0.6) is 0 Å². The molecular formula is C16H31N3O. The van der Waals surface area contributed by atoms with Crippen LogP contribution in [0.4, 0.5) is 0 Å². The molecule has 0 aromatic carbocycles. The van der Waals surface area contributed by atoms with Crippen LogP contribution in [0.3, 0.4) is 0 Å². The van der Waals surface area contributed by atoms with Crippen molar-refractivity contribution in [2.24, 2.45) is 11.8 Å². The third kappa shape index (κ3) is 3.01. The van der Waals surface area contributed by atoms with Gasteiger partial charge in [0.25, 0.3) is 0 Å². The number of nitrogens with zero attached hydrogens (tertiary/aromatic N) is 2. The molecule has 0 bridgehead atoms. The largest absolute Gasteiger partial charge is 0.322 e. The first kappa shape index (κ1) is 15.8. The molecule has 0 saturated carbocycles. The molecule has 4 nitrogen and oxygen atoms in total. The molecule has 2 rings (SSSR count). The molecule has 1 amide bonds. The lowest BCUT2D eigenvalue weighted by atomic mass is 9.91. The normalized spacial score (nSPS) is 36.1. The molecule has 4 unspecified atom stereocenters. The Morgan fingerprint density at radius 2 is 2.10 bits per heavy atom. The highest BCUT2D eigenvalue weighted by Gasteiger charge is 2.45. The summed E-state index contributed by atoms with van der Waals surface area (Å²) in [6, 6.07) is 0.421. The van der Waals surface area contributed by atoms with Crippen LogP contribution in [0.25, 0.3) is 0 Å². The van der Waals surface area contributed by atoms with E-state index in [1.54, 1.807) is 0 Å². The number of hydrogen-bond acceptors (Lipinski definition) is 3. The van der Waals surface area contributed by atoms with E-state index in [2.05, 4.69) is 49.9 Å². The number of rotatable bonds is 4. The van der Waals surface area contributed by atoms with Crippen molar-refractivity contribution >= 4 is 5.91 Å². The molecule has 0 radical (unpaired) electrons. The van der Waals surface area contributed by atoms with Gasteiger partial charge in [0.1, 0.15) is 0 Å². The standard InChI is InChI=1S/C16H31N3O/c1-6-7-14-17-15(11(2)3)16(20)19(14)13-8-9-18(5)10-12(13)4/h11-15,17H,6-10H2,1-5H3. The second-order valence-electron chi connectivity index (χ2n) is 7.03. The van der Waals surface area contributed by atoms with Gasteiger partial charge in [0, 0.05) is 12.6 Å². The summed E-state index contributed by atoms with van der Waals surface area (Å²) in [5, 5.41) is 3.58. The molecular weight excluding hydrogens is 250 g/mol. The van der Waals surface area contributed by atoms with E-state index in [1.165, 1.54) is 0 Å². The lowest BCUT2D eigenvalue weighted by Gasteiger charge is -2.42. The molecule has 4 heteroatoms. The summed E-state index contributed by atoms with van der Waals surface area (Å²) in [5.74, 6) is 1.26. The molecule has 2 heterocycles. The number of carbonyl (C=O) groups excluding carboxylic acids is 1. The zero-order valence-electron chi connectivity index (χ0n) is 13.7. The summed E-state index contributed by atoms with van der Waals surface area (Å²) in [6.45, 7) is 11.0. The van der Waals surface area contributed by atoms with Crippen molar-refractivity contribution in [3.8, 4) is 0 Å². The Kier molecular flexibility index (Phi) is 5.08. The first-order chi connectivity index (χ1) is 9.45. The van der Waals surface area contributed by atoms with Gasteiger partial charge < -0.3 is 9.80 Å². The van der Waals surface area contributed by atoms with E-state index in [9.17, 15) is 4.79 Å². The zero-order valence-corrected chi connectivity index (χ0v) is 13.7. The third-order valence-electron chi connectivity index (χ3n) is 4.88. The first-order valence-electron chi connectivity index (χ1n) is 8.22. The Balaban J connectivity index is 2.15. The van der Waals surface area contributed by atoms with Crippen molar-refractivity contribution in [3.05, 3.63) is 0 Å². The number of likely N-dealkylation sites (tertiary alicyclic amines) is 1. The quantitative estimate of drug-likeness (QED) is 0.855. The Hall–Kier alpha value is -0.610. The number of nitrogens with one attached hydrogen (secondary N) is 1. The average Bonchev–Trinajstić information content (AvgIpc) is 2.68. The summed E-state index contributed by atoms with van der Waals surface area (Å²) < 4.78 is 0. The van der Waals surface area contributed by atoms with Crippen LogP contribution in [0.1, 0.15) is 47.0 Å². The van der Waals surface area contributed by atoms with Gasteiger partial charge in [0.2, 0.25) is 5.91 Å². The van der Waals surface area contributed by atoms with E-state index in [0.29, 0.717) is 23.8 Å². The summed E-state index contributed by atoms with van der Waals surface area (Å²) in [5.41, 5.74) is 0. The number of piperidine rings is 1. The van der Waals surface area contributed by atoms with Crippen molar-refractivity contribution in [1.29, 1.82) is 0 Å². The van der Waals surface area contributed by atoms with Crippen LogP contribution in [0, 0.1) is 11.8 Å². The van der Waals surface area contributed by atoms with E-state index in [4.69, 9.17) is 0 Å². The zero-order chi connectivity index (χ0) is 14.9. The molecule has 2 fully saturated rings. The maximum Gasteiger partial charge on any atom is 0.241 e. The van der Waals surface area contributed by atoms with Gasteiger partial charge in [-0.2, -0.15) is 0 Å². The second-order valence-corrected chi connectivity index (χ2v) is 7.03. The second kappa shape index (κ2) is 6.44. The van der Waals surface area contributed by atoms with Gasteiger partial charge in [-0.1, -0.05) is 34.1 Å². The molecule has 2 aliphatic heterocycles. The SMILES string of the molecule is CCCC1NC(C(C)C)C(=O)N1C1CCN(C)CC1C. The van der Waals surface area contributed by atoms with Crippen molar-refractivity contribution in [2.45, 2.75) is 65.2 Å². The molecule has 0 aliphatic carbocycles. The molecule has 20 heavy (non-hydrogen) atoms. The van der Waals surface area contributed by atoms with Crippen LogP contribution in [0.15, 0.2) is 0 Å². The van der Waals surface area contributed by atoms with E-state index >= 15 is 0 Å². The van der Waals surface area contributed by atoms with Gasteiger partial charge in [0.15, 0.2) is 0 Å². The minimum absolute atomic E-state index is 0.0124. The van der Waals surface area contributed by atoms with Gasteiger partial charge in [-0.15, -0.1) is 0 Å². The molecule has 2 aliphatic rings. The van der Waals surface area contributed by atoms with Gasteiger partial charge in [-0.3, -0.25) is 10.1 Å². The van der Waals surface area contributed by atoms with Gasteiger partial charge in [-0.05, 0) is 38.3 Å². The van der Waals surface area contributed by atoms with Crippen LogP contribution >= 0.6 is 0 Å². The predicted octanol–water partition coefficient (Wildman–Crippen LogP) is 1.91. The predicted molar refractivity (Wildman–Crippen MR) is 82.4 cm³/mol. The highest BCUT2D eigenvalue weighted by molar-refractivity contribution is 5.85. The topological polar surface area (TPSA) is 35.6 Å². The summed E-state index contributed by atoms with van der Waals surface area (Å²) >= 11 is 0. The van der Waals surface area contributed by atoms with Crippen LogP contribution in [-0.2, 0) is 4.79 Å². The summed E-state index contributed by atoms with van der Waals surface area (Å²) in [7, 11) is 2.18. The Morgan fingerprint density at radius 3 is 2.65 bits per heavy atom. The van der Waals surface area contributed by atoms with E-state index in [-0.39, 0.29) is 12.2 Å². The fourth-order valence-corrected chi connectivity index (χ4v) is 3.80. The molecule has 0 spiro atoms. The molecule has 1 N–H and O–H groups in total. The van der Waals surface area contributed by atoms with Crippen LogP contribution < -0.4 is 5.32 Å². The van der Waals surface area contributed by atoms with Crippen molar-refractivity contribution < 1.29 is 4.79 Å².